The summed E-state index contributed by atoms with van der Waals surface area (Å²) < 4.78 is 12.8. The Morgan fingerprint density at radius 1 is 1.26 bits per heavy atom. The van der Waals surface area contributed by atoms with E-state index in [9.17, 15) is 19.4 Å². The van der Waals surface area contributed by atoms with Gasteiger partial charge in [0.15, 0.2) is 0 Å². The van der Waals surface area contributed by atoms with Crippen LogP contribution < -0.4 is 5.32 Å². The summed E-state index contributed by atoms with van der Waals surface area (Å²) in [7, 11) is 0. The lowest BCUT2D eigenvalue weighted by atomic mass is 9.96. The monoisotopic (exact) mass is 324 g/mol. The Bertz CT molecular complexity index is 509. The topological polar surface area (TPSA) is 72.8 Å². The Balaban J connectivity index is 1.69. The number of halogens is 1. The van der Waals surface area contributed by atoms with E-state index in [0.29, 0.717) is 38.9 Å². The molecule has 1 fully saturated rings. The van der Waals surface area contributed by atoms with Crippen molar-refractivity contribution in [3.05, 3.63) is 35.6 Å². The first-order valence-electron chi connectivity index (χ1n) is 8.07. The summed E-state index contributed by atoms with van der Waals surface area (Å²) in [5, 5.41) is 22.2. The molecule has 2 rings (SSSR count). The molecule has 1 aromatic carbocycles. The van der Waals surface area contributed by atoms with Crippen molar-refractivity contribution >= 4 is 5.91 Å². The van der Waals surface area contributed by atoms with Gasteiger partial charge in [0.1, 0.15) is 5.82 Å². The minimum atomic E-state index is -1.01. The van der Waals surface area contributed by atoms with E-state index in [4.69, 9.17) is 0 Å². The highest BCUT2D eigenvalue weighted by atomic mass is 19.1. The minimum Gasteiger partial charge on any atom is -0.393 e. The molecule has 3 N–H and O–H groups in total. The number of hydrogen-bond acceptors (Lipinski definition) is 4. The number of rotatable bonds is 6. The Morgan fingerprint density at radius 3 is 2.70 bits per heavy atom. The van der Waals surface area contributed by atoms with Gasteiger partial charge in [-0.05, 0) is 49.9 Å². The number of carbonyl (C=O) groups excluding carboxylic acids is 1. The molecule has 6 heteroatoms. The predicted octanol–water partition coefficient (Wildman–Crippen LogP) is 0.694. The van der Waals surface area contributed by atoms with Gasteiger partial charge in [0.2, 0.25) is 5.91 Å². The Hall–Kier alpha value is -1.50. The van der Waals surface area contributed by atoms with Gasteiger partial charge < -0.3 is 15.5 Å². The van der Waals surface area contributed by atoms with Gasteiger partial charge in [-0.2, -0.15) is 0 Å². The van der Waals surface area contributed by atoms with Gasteiger partial charge in [-0.3, -0.25) is 9.69 Å². The molecule has 1 aliphatic rings. The fraction of sp³-hybridized carbons (Fsp3) is 0.588. The lowest BCUT2D eigenvalue weighted by molar-refractivity contribution is -0.122. The van der Waals surface area contributed by atoms with Gasteiger partial charge in [0.05, 0.1) is 18.8 Å². The molecule has 23 heavy (non-hydrogen) atoms. The fourth-order valence-electron chi connectivity index (χ4n) is 2.81. The molecule has 1 aromatic rings. The number of aliphatic hydroxyl groups is 2. The lowest BCUT2D eigenvalue weighted by Crippen LogP contribution is -2.39. The van der Waals surface area contributed by atoms with Crippen molar-refractivity contribution in [2.75, 3.05) is 32.8 Å². The first kappa shape index (κ1) is 17.8. The third-order valence-electron chi connectivity index (χ3n) is 4.32. The zero-order chi connectivity index (χ0) is 16.7. The highest BCUT2D eigenvalue weighted by Crippen LogP contribution is 2.21. The lowest BCUT2D eigenvalue weighted by Gasteiger charge is -2.24. The molecule has 128 valence electrons. The molecular formula is C17H25FN2O3. The van der Waals surface area contributed by atoms with E-state index in [1.54, 1.807) is 12.1 Å². The van der Waals surface area contributed by atoms with E-state index >= 15 is 0 Å². The van der Waals surface area contributed by atoms with Crippen molar-refractivity contribution in [2.24, 2.45) is 0 Å². The zero-order valence-corrected chi connectivity index (χ0v) is 13.3. The van der Waals surface area contributed by atoms with Crippen LogP contribution in [0.1, 0.15) is 24.8 Å². The zero-order valence-electron chi connectivity index (χ0n) is 13.3. The van der Waals surface area contributed by atoms with Crippen molar-refractivity contribution in [3.63, 3.8) is 0 Å². The van der Waals surface area contributed by atoms with Crippen LogP contribution in [-0.2, 0) is 11.2 Å². The number of likely N-dealkylation sites (tertiary alicyclic amines) is 1. The highest BCUT2D eigenvalue weighted by Gasteiger charge is 2.29. The summed E-state index contributed by atoms with van der Waals surface area (Å²) in [6.45, 7) is 1.92. The standard InChI is InChI=1S/C17H25FN2O3/c18-15-4-2-14(3-5-15)6-9-19-16(22)12-20-10-1-7-17(23,13-21)8-11-20/h2-5,21,23H,1,6-13H2,(H,19,22). The number of carbonyl (C=O) groups is 1. The molecule has 1 atom stereocenters. The quantitative estimate of drug-likeness (QED) is 0.720. The molecule has 1 saturated heterocycles. The predicted molar refractivity (Wildman–Crippen MR) is 85.4 cm³/mol. The molecule has 0 spiro atoms. The van der Waals surface area contributed by atoms with Crippen LogP contribution in [0.2, 0.25) is 0 Å². The molecule has 0 aliphatic carbocycles. The molecule has 0 saturated carbocycles. The van der Waals surface area contributed by atoms with E-state index in [1.807, 2.05) is 4.90 Å². The maximum Gasteiger partial charge on any atom is 0.234 e. The van der Waals surface area contributed by atoms with Crippen molar-refractivity contribution in [3.8, 4) is 0 Å². The number of hydrogen-bond donors (Lipinski definition) is 3. The summed E-state index contributed by atoms with van der Waals surface area (Å²) >= 11 is 0. The molecule has 0 bridgehead atoms. The van der Waals surface area contributed by atoms with Gasteiger partial charge in [0.25, 0.3) is 0 Å². The Morgan fingerprint density at radius 2 is 2.00 bits per heavy atom. The van der Waals surface area contributed by atoms with E-state index in [1.165, 1.54) is 12.1 Å². The number of aliphatic hydroxyl groups excluding tert-OH is 1. The minimum absolute atomic E-state index is 0.0541. The van der Waals surface area contributed by atoms with Crippen molar-refractivity contribution < 1.29 is 19.4 Å². The Kier molecular flexibility index (Phi) is 6.50. The van der Waals surface area contributed by atoms with Crippen LogP contribution in [0.25, 0.3) is 0 Å². The van der Waals surface area contributed by atoms with Crippen LogP contribution in [-0.4, -0.2) is 59.4 Å². The number of nitrogens with zero attached hydrogens (tertiary/aromatic N) is 1. The molecule has 0 aromatic heterocycles. The van der Waals surface area contributed by atoms with Gasteiger partial charge in [-0.25, -0.2) is 4.39 Å². The maximum atomic E-state index is 12.8. The number of benzene rings is 1. The van der Waals surface area contributed by atoms with E-state index in [2.05, 4.69) is 5.32 Å². The third kappa shape index (κ3) is 5.89. The second kappa shape index (κ2) is 8.38. The molecule has 1 unspecified atom stereocenters. The molecular weight excluding hydrogens is 299 g/mol. The number of amides is 1. The van der Waals surface area contributed by atoms with Crippen LogP contribution in [0.3, 0.4) is 0 Å². The number of nitrogens with one attached hydrogen (secondary N) is 1. The van der Waals surface area contributed by atoms with Gasteiger partial charge in [-0.15, -0.1) is 0 Å². The van der Waals surface area contributed by atoms with E-state index in [-0.39, 0.29) is 18.3 Å². The Labute approximate surface area is 136 Å². The summed E-state index contributed by atoms with van der Waals surface area (Å²) in [5.74, 6) is -0.316. The van der Waals surface area contributed by atoms with E-state index < -0.39 is 5.60 Å². The second-order valence-electron chi connectivity index (χ2n) is 6.24. The molecule has 5 nitrogen and oxygen atoms in total. The largest absolute Gasteiger partial charge is 0.393 e. The summed E-state index contributed by atoms with van der Waals surface area (Å²) in [5.41, 5.74) is -0.0251. The van der Waals surface area contributed by atoms with Crippen LogP contribution in [0.5, 0.6) is 0 Å². The van der Waals surface area contributed by atoms with Crippen molar-refractivity contribution in [1.82, 2.24) is 10.2 Å². The fourth-order valence-corrected chi connectivity index (χ4v) is 2.81. The average molecular weight is 324 g/mol. The van der Waals surface area contributed by atoms with Gasteiger partial charge >= 0.3 is 0 Å². The summed E-state index contributed by atoms with van der Waals surface area (Å²) in [6, 6.07) is 6.26. The molecule has 1 aliphatic heterocycles. The van der Waals surface area contributed by atoms with E-state index in [0.717, 1.165) is 18.5 Å². The van der Waals surface area contributed by atoms with Crippen LogP contribution >= 0.6 is 0 Å². The van der Waals surface area contributed by atoms with Crippen molar-refractivity contribution in [1.29, 1.82) is 0 Å². The van der Waals surface area contributed by atoms with Crippen LogP contribution in [0.15, 0.2) is 24.3 Å². The maximum absolute atomic E-state index is 12.8. The SMILES string of the molecule is O=C(CN1CCCC(O)(CO)CC1)NCCc1ccc(F)cc1. The smallest absolute Gasteiger partial charge is 0.234 e. The highest BCUT2D eigenvalue weighted by molar-refractivity contribution is 5.78. The normalized spacial score (nSPS) is 22.6. The molecule has 0 radical (unpaired) electrons. The van der Waals surface area contributed by atoms with Crippen molar-refractivity contribution in [2.45, 2.75) is 31.3 Å². The van der Waals surface area contributed by atoms with Crippen LogP contribution in [0, 0.1) is 5.82 Å². The first-order valence-corrected chi connectivity index (χ1v) is 8.07. The summed E-state index contributed by atoms with van der Waals surface area (Å²) in [6.07, 6.45) is 2.47. The first-order chi connectivity index (χ1) is 11.0. The second-order valence-corrected chi connectivity index (χ2v) is 6.24. The van der Waals surface area contributed by atoms with Gasteiger partial charge in [-0.1, -0.05) is 12.1 Å². The van der Waals surface area contributed by atoms with Gasteiger partial charge in [0, 0.05) is 13.1 Å². The van der Waals surface area contributed by atoms with Crippen LogP contribution in [0.4, 0.5) is 4.39 Å². The molecule has 1 amide bonds. The summed E-state index contributed by atoms with van der Waals surface area (Å²) in [4.78, 5) is 14.0. The third-order valence-corrected chi connectivity index (χ3v) is 4.32. The average Bonchev–Trinajstić information content (AvgIpc) is 2.72. The molecule has 1 heterocycles.